The number of likely N-dealkylation sites (N-methyl/N-ethyl adjacent to an activating group) is 1. The van der Waals surface area contributed by atoms with Crippen molar-refractivity contribution >= 4 is 17.7 Å². The van der Waals surface area contributed by atoms with Gasteiger partial charge >= 0.3 is 0 Å². The number of aryl methyl sites for hydroxylation is 1. The van der Waals surface area contributed by atoms with Gasteiger partial charge in [0.2, 0.25) is 17.7 Å². The van der Waals surface area contributed by atoms with E-state index in [4.69, 9.17) is 4.74 Å². The van der Waals surface area contributed by atoms with E-state index in [2.05, 4.69) is 16.0 Å². The monoisotopic (exact) mass is 572 g/mol. The molecule has 0 fully saturated rings. The molecule has 3 rings (SSSR count). The molecule has 1 aliphatic rings. The summed E-state index contributed by atoms with van der Waals surface area (Å²) in [5, 5.41) is 8.97. The predicted molar refractivity (Wildman–Crippen MR) is 153 cm³/mol. The third-order valence-electron chi connectivity index (χ3n) is 7.68. The minimum atomic E-state index is -0.938. The number of rotatable bonds is 4. The summed E-state index contributed by atoms with van der Waals surface area (Å²) in [6.07, 6.45) is 1.59. The van der Waals surface area contributed by atoms with E-state index in [1.165, 1.54) is 29.2 Å². The second-order valence-electron chi connectivity index (χ2n) is 10.9. The first-order valence-electron chi connectivity index (χ1n) is 14.3. The molecule has 1 aliphatic heterocycles. The molecular weight excluding hydrogens is 530 g/mol. The molecule has 2 aromatic rings. The van der Waals surface area contributed by atoms with Crippen LogP contribution in [0.3, 0.4) is 0 Å². The zero-order valence-electron chi connectivity index (χ0n) is 24.5. The quantitative estimate of drug-likeness (QED) is 0.522. The first-order valence-corrected chi connectivity index (χ1v) is 14.3. The van der Waals surface area contributed by atoms with Gasteiger partial charge in [-0.1, -0.05) is 38.5 Å². The highest BCUT2D eigenvalue weighted by molar-refractivity contribution is 5.93. The standard InChI is InChI=1S/C31H42F2N4O4/c1-6-19(2)28-31(40)37(5)21(4)29(38)36-26(16-22-9-12-24(32)13-10-22)30(39)34-15-7-8-23-11-14-25(33)17-27(23)41-20(3)18-35-28/h9-14,17,19-21,26,28,35H,6-8,15-16,18H2,1-5H3,(H,34,39)(H,36,38)/t19?,20-,21-,26?,28+/m1/s1. The second-order valence-corrected chi connectivity index (χ2v) is 10.9. The zero-order chi connectivity index (χ0) is 30.1. The number of carbonyl (C=O) groups is 3. The molecule has 8 nitrogen and oxygen atoms in total. The highest BCUT2D eigenvalue weighted by Crippen LogP contribution is 2.23. The Balaban J connectivity index is 1.90. The lowest BCUT2D eigenvalue weighted by Gasteiger charge is -2.33. The SMILES string of the molecule is CCC(C)[C@@H]1NC[C@@H](C)Oc2cc(F)ccc2CCCNC(=O)C(Cc2ccc(F)cc2)NC(=O)[C@@H](C)N(C)C1=O. The number of ether oxygens (including phenoxy) is 1. The Labute approximate surface area is 241 Å². The van der Waals surface area contributed by atoms with Gasteiger partial charge in [0, 0.05) is 32.6 Å². The fraction of sp³-hybridized carbons (Fsp3) is 0.516. The van der Waals surface area contributed by atoms with Gasteiger partial charge in [-0.05, 0) is 61.9 Å². The zero-order valence-corrected chi connectivity index (χ0v) is 24.5. The van der Waals surface area contributed by atoms with E-state index in [1.807, 2.05) is 20.8 Å². The van der Waals surface area contributed by atoms with Gasteiger partial charge in [0.15, 0.2) is 0 Å². The second kappa shape index (κ2) is 14.9. The van der Waals surface area contributed by atoms with Crippen molar-refractivity contribution in [3.8, 4) is 5.75 Å². The van der Waals surface area contributed by atoms with E-state index >= 15 is 0 Å². The van der Waals surface area contributed by atoms with Crippen LogP contribution in [0.25, 0.3) is 0 Å². The molecule has 2 aromatic carbocycles. The third-order valence-corrected chi connectivity index (χ3v) is 7.68. The number of fused-ring (bicyclic) bond motifs is 1. The number of hydrogen-bond donors (Lipinski definition) is 3. The molecule has 41 heavy (non-hydrogen) atoms. The van der Waals surface area contributed by atoms with Crippen molar-refractivity contribution in [1.29, 1.82) is 0 Å². The van der Waals surface area contributed by atoms with Crippen molar-refractivity contribution in [2.45, 2.75) is 77.6 Å². The van der Waals surface area contributed by atoms with Gasteiger partial charge in [-0.3, -0.25) is 14.4 Å². The summed E-state index contributed by atoms with van der Waals surface area (Å²) >= 11 is 0. The molecule has 2 unspecified atom stereocenters. The maximum Gasteiger partial charge on any atom is 0.243 e. The fourth-order valence-corrected chi connectivity index (χ4v) is 4.72. The molecule has 0 aliphatic carbocycles. The van der Waals surface area contributed by atoms with E-state index in [-0.39, 0.29) is 24.3 Å². The molecule has 224 valence electrons. The van der Waals surface area contributed by atoms with Crippen molar-refractivity contribution in [3.63, 3.8) is 0 Å². The van der Waals surface area contributed by atoms with Crippen LogP contribution in [-0.2, 0) is 27.2 Å². The van der Waals surface area contributed by atoms with Crippen LogP contribution in [-0.4, -0.2) is 67.0 Å². The van der Waals surface area contributed by atoms with Crippen LogP contribution in [0.1, 0.15) is 51.7 Å². The average Bonchev–Trinajstić information content (AvgIpc) is 2.95. The Morgan fingerprint density at radius 1 is 1.02 bits per heavy atom. The lowest BCUT2D eigenvalue weighted by atomic mass is 9.97. The summed E-state index contributed by atoms with van der Waals surface area (Å²) in [4.78, 5) is 41.5. The van der Waals surface area contributed by atoms with Gasteiger partial charge in [0.25, 0.3) is 0 Å². The molecule has 3 N–H and O–H groups in total. The summed E-state index contributed by atoms with van der Waals surface area (Å²) in [6.45, 7) is 8.05. The minimum Gasteiger partial charge on any atom is -0.489 e. The van der Waals surface area contributed by atoms with Crippen LogP contribution >= 0.6 is 0 Å². The van der Waals surface area contributed by atoms with E-state index in [0.29, 0.717) is 37.2 Å². The molecule has 0 aromatic heterocycles. The summed E-state index contributed by atoms with van der Waals surface area (Å²) in [7, 11) is 1.57. The predicted octanol–water partition coefficient (Wildman–Crippen LogP) is 3.37. The van der Waals surface area contributed by atoms with Gasteiger partial charge in [-0.25, -0.2) is 8.78 Å². The highest BCUT2D eigenvalue weighted by atomic mass is 19.1. The van der Waals surface area contributed by atoms with Crippen molar-refractivity contribution in [1.82, 2.24) is 20.9 Å². The van der Waals surface area contributed by atoms with Gasteiger partial charge < -0.3 is 25.6 Å². The van der Waals surface area contributed by atoms with Gasteiger partial charge in [0.05, 0.1) is 6.04 Å². The minimum absolute atomic E-state index is 0.0419. The molecule has 0 bridgehead atoms. The Hall–Kier alpha value is -3.53. The van der Waals surface area contributed by atoms with Crippen LogP contribution < -0.4 is 20.7 Å². The van der Waals surface area contributed by atoms with E-state index in [9.17, 15) is 23.2 Å². The summed E-state index contributed by atoms with van der Waals surface area (Å²) in [5.74, 6) is -1.56. The summed E-state index contributed by atoms with van der Waals surface area (Å²) < 4.78 is 33.7. The molecule has 10 heteroatoms. The molecule has 0 spiro atoms. The summed E-state index contributed by atoms with van der Waals surface area (Å²) in [6, 6.07) is 7.75. The largest absolute Gasteiger partial charge is 0.489 e. The Kier molecular flexibility index (Phi) is 11.6. The number of nitrogens with one attached hydrogen (secondary N) is 3. The Bertz CT molecular complexity index is 1190. The molecule has 3 amide bonds. The van der Waals surface area contributed by atoms with E-state index in [0.717, 1.165) is 12.0 Å². The molecule has 0 radical (unpaired) electrons. The molecule has 5 atom stereocenters. The first-order chi connectivity index (χ1) is 19.5. The van der Waals surface area contributed by atoms with Crippen molar-refractivity contribution in [3.05, 3.63) is 65.2 Å². The fourth-order valence-electron chi connectivity index (χ4n) is 4.72. The third kappa shape index (κ3) is 8.98. The van der Waals surface area contributed by atoms with Crippen LogP contribution in [0.4, 0.5) is 8.78 Å². The van der Waals surface area contributed by atoms with Gasteiger partial charge in [0.1, 0.15) is 35.6 Å². The van der Waals surface area contributed by atoms with Crippen LogP contribution in [0.2, 0.25) is 0 Å². The van der Waals surface area contributed by atoms with Crippen molar-refractivity contribution in [2.24, 2.45) is 5.92 Å². The molecular formula is C31H42F2N4O4. The Morgan fingerprint density at radius 2 is 1.71 bits per heavy atom. The number of hydrogen-bond acceptors (Lipinski definition) is 5. The number of halogens is 2. The normalized spacial score (nSPS) is 24.3. The highest BCUT2D eigenvalue weighted by Gasteiger charge is 2.33. The lowest BCUT2D eigenvalue weighted by Crippen LogP contribution is -2.57. The summed E-state index contributed by atoms with van der Waals surface area (Å²) in [5.41, 5.74) is 1.47. The molecule has 1 heterocycles. The number of nitrogens with zero attached hydrogens (tertiary/aromatic N) is 1. The Morgan fingerprint density at radius 3 is 2.39 bits per heavy atom. The average molecular weight is 573 g/mol. The van der Waals surface area contributed by atoms with Gasteiger partial charge in [-0.2, -0.15) is 0 Å². The topological polar surface area (TPSA) is 99.8 Å². The van der Waals surface area contributed by atoms with Crippen molar-refractivity contribution < 1.29 is 27.9 Å². The number of benzene rings is 2. The maximum absolute atomic E-state index is 14.1. The van der Waals surface area contributed by atoms with E-state index < -0.39 is 41.6 Å². The van der Waals surface area contributed by atoms with E-state index in [1.54, 1.807) is 32.2 Å². The smallest absolute Gasteiger partial charge is 0.243 e. The van der Waals surface area contributed by atoms with Crippen molar-refractivity contribution in [2.75, 3.05) is 20.1 Å². The number of carbonyl (C=O) groups excluding carboxylic acids is 3. The molecule has 0 saturated carbocycles. The number of amides is 3. The molecule has 0 saturated heterocycles. The van der Waals surface area contributed by atoms with Gasteiger partial charge in [-0.15, -0.1) is 0 Å². The van der Waals surface area contributed by atoms with Crippen LogP contribution in [0.15, 0.2) is 42.5 Å². The van der Waals surface area contributed by atoms with Crippen LogP contribution in [0.5, 0.6) is 5.75 Å². The van der Waals surface area contributed by atoms with Crippen LogP contribution in [0, 0.1) is 17.6 Å². The lowest BCUT2D eigenvalue weighted by molar-refractivity contribution is -0.141. The first kappa shape index (κ1) is 32.0. The maximum atomic E-state index is 14.1.